The summed E-state index contributed by atoms with van der Waals surface area (Å²) in [5.74, 6) is 1.23. The molecule has 2 aromatic rings. The highest BCUT2D eigenvalue weighted by Gasteiger charge is 1.98. The van der Waals surface area contributed by atoms with E-state index in [1.807, 2.05) is 31.5 Å². The van der Waals surface area contributed by atoms with Gasteiger partial charge in [0.15, 0.2) is 5.96 Å². The van der Waals surface area contributed by atoms with E-state index < -0.39 is 0 Å². The van der Waals surface area contributed by atoms with Gasteiger partial charge >= 0.3 is 0 Å². The van der Waals surface area contributed by atoms with Crippen molar-refractivity contribution in [1.29, 1.82) is 0 Å². The average molecular weight is 460 g/mol. The first kappa shape index (κ1) is 21.3. The lowest BCUT2D eigenvalue weighted by atomic mass is 10.3. The zero-order chi connectivity index (χ0) is 17.0. The van der Waals surface area contributed by atoms with Gasteiger partial charge in [0.25, 0.3) is 0 Å². The van der Waals surface area contributed by atoms with Crippen molar-refractivity contribution in [3.63, 3.8) is 0 Å². The van der Waals surface area contributed by atoms with Crippen LogP contribution in [0.15, 0.2) is 53.8 Å². The largest absolute Gasteiger partial charge is 0.494 e. The number of hydrogen-bond acceptors (Lipinski definition) is 2. The summed E-state index contributed by atoms with van der Waals surface area (Å²) < 4.78 is 20.5. The number of ether oxygens (including phenoxy) is 1. The zero-order valence-electron chi connectivity index (χ0n) is 14.5. The van der Waals surface area contributed by atoms with Crippen LogP contribution < -0.4 is 15.4 Å². The van der Waals surface area contributed by atoms with Gasteiger partial charge in [0.1, 0.15) is 11.6 Å². The van der Waals surface area contributed by atoms with Crippen LogP contribution in [0, 0.1) is 5.82 Å². The quantitative estimate of drug-likeness (QED) is 0.262. The molecule has 0 spiro atoms. The Balaban J connectivity index is 0.00000312. The third-order valence-electron chi connectivity index (χ3n) is 3.33. The van der Waals surface area contributed by atoms with Crippen LogP contribution in [-0.4, -0.2) is 36.8 Å². The summed E-state index contributed by atoms with van der Waals surface area (Å²) in [6, 6.07) is 10.1. The van der Waals surface area contributed by atoms with E-state index in [1.54, 1.807) is 12.1 Å². The van der Waals surface area contributed by atoms with E-state index in [0.717, 1.165) is 32.0 Å². The number of benzene rings is 1. The van der Waals surface area contributed by atoms with E-state index in [9.17, 15) is 4.39 Å². The molecule has 0 bridgehead atoms. The molecule has 5 nitrogen and oxygen atoms in total. The molecule has 0 radical (unpaired) electrons. The van der Waals surface area contributed by atoms with Crippen molar-refractivity contribution in [2.45, 2.75) is 19.9 Å². The Morgan fingerprint density at radius 1 is 1.16 bits per heavy atom. The van der Waals surface area contributed by atoms with E-state index in [2.05, 4.69) is 20.2 Å². The molecule has 138 valence electrons. The molecule has 0 unspecified atom stereocenters. The van der Waals surface area contributed by atoms with Crippen LogP contribution in [-0.2, 0) is 6.54 Å². The fourth-order valence-electron chi connectivity index (χ4n) is 2.14. The van der Waals surface area contributed by atoms with Crippen LogP contribution in [0.25, 0.3) is 0 Å². The molecule has 1 aromatic heterocycles. The van der Waals surface area contributed by atoms with Gasteiger partial charge in [-0.05, 0) is 43.3 Å². The van der Waals surface area contributed by atoms with Crippen molar-refractivity contribution in [2.24, 2.45) is 4.99 Å². The van der Waals surface area contributed by atoms with Crippen LogP contribution in [0.3, 0.4) is 0 Å². The number of rotatable bonds is 9. The first-order valence-electron chi connectivity index (χ1n) is 8.29. The van der Waals surface area contributed by atoms with Crippen LogP contribution >= 0.6 is 24.0 Å². The molecule has 1 heterocycles. The Bertz CT molecular complexity index is 602. The van der Waals surface area contributed by atoms with Gasteiger partial charge in [-0.25, -0.2) is 4.39 Å². The van der Waals surface area contributed by atoms with E-state index in [1.165, 1.54) is 12.1 Å². The number of hydrogen-bond donors (Lipinski definition) is 2. The number of nitrogens with zero attached hydrogens (tertiary/aromatic N) is 2. The van der Waals surface area contributed by atoms with Crippen LogP contribution in [0.4, 0.5) is 4.39 Å². The van der Waals surface area contributed by atoms with Crippen LogP contribution in [0.2, 0.25) is 0 Å². The summed E-state index contributed by atoms with van der Waals surface area (Å²) in [6.45, 7) is 5.79. The van der Waals surface area contributed by atoms with Gasteiger partial charge in [0, 0.05) is 45.0 Å². The van der Waals surface area contributed by atoms with Gasteiger partial charge in [-0.1, -0.05) is 0 Å². The standard InChI is InChI=1S/C18H25FN4O.HI/c1-2-20-18(22-11-14-23-12-3-4-13-23)21-10-5-15-24-17-8-6-16(19)7-9-17;/h3-4,6-9,12-13H,2,5,10-11,14-15H2,1H3,(H2,20,21,22);1H. The van der Waals surface area contributed by atoms with Crippen molar-refractivity contribution in [3.05, 3.63) is 54.6 Å². The molecule has 0 amide bonds. The number of aliphatic imine (C=N–C) groups is 1. The van der Waals surface area contributed by atoms with E-state index in [0.29, 0.717) is 18.9 Å². The maximum Gasteiger partial charge on any atom is 0.191 e. The molecule has 1 aromatic carbocycles. The van der Waals surface area contributed by atoms with Crippen molar-refractivity contribution in [3.8, 4) is 5.75 Å². The Hall–Kier alpha value is -1.77. The van der Waals surface area contributed by atoms with Crippen LogP contribution in [0.1, 0.15) is 13.3 Å². The molecule has 0 aliphatic heterocycles. The lowest BCUT2D eigenvalue weighted by molar-refractivity contribution is 0.313. The Kier molecular flexibility index (Phi) is 10.7. The topological polar surface area (TPSA) is 50.6 Å². The number of aromatic nitrogens is 1. The minimum absolute atomic E-state index is 0. The highest BCUT2D eigenvalue weighted by molar-refractivity contribution is 14.0. The molecule has 0 saturated carbocycles. The number of nitrogens with one attached hydrogen (secondary N) is 2. The highest BCUT2D eigenvalue weighted by atomic mass is 127. The third-order valence-corrected chi connectivity index (χ3v) is 3.33. The molecule has 0 atom stereocenters. The molecule has 25 heavy (non-hydrogen) atoms. The second kappa shape index (κ2) is 12.6. The maximum atomic E-state index is 12.8. The molecule has 2 rings (SSSR count). The van der Waals surface area contributed by atoms with Crippen molar-refractivity contribution >= 4 is 29.9 Å². The molecule has 0 saturated heterocycles. The minimum Gasteiger partial charge on any atom is -0.494 e. The Morgan fingerprint density at radius 3 is 2.56 bits per heavy atom. The van der Waals surface area contributed by atoms with E-state index in [-0.39, 0.29) is 29.8 Å². The monoisotopic (exact) mass is 460 g/mol. The summed E-state index contributed by atoms with van der Waals surface area (Å²) in [5, 5.41) is 6.53. The van der Waals surface area contributed by atoms with E-state index >= 15 is 0 Å². The van der Waals surface area contributed by atoms with Crippen molar-refractivity contribution in [2.75, 3.05) is 26.2 Å². The van der Waals surface area contributed by atoms with Gasteiger partial charge < -0.3 is 19.9 Å². The highest BCUT2D eigenvalue weighted by Crippen LogP contribution is 2.10. The second-order valence-electron chi connectivity index (χ2n) is 5.26. The zero-order valence-corrected chi connectivity index (χ0v) is 16.8. The first-order chi connectivity index (χ1) is 11.8. The van der Waals surface area contributed by atoms with E-state index in [4.69, 9.17) is 4.74 Å². The Labute approximate surface area is 165 Å². The maximum absolute atomic E-state index is 12.8. The normalized spacial score (nSPS) is 10.9. The number of halogens is 2. The Morgan fingerprint density at radius 2 is 1.88 bits per heavy atom. The lowest BCUT2D eigenvalue weighted by Gasteiger charge is -2.12. The van der Waals surface area contributed by atoms with Gasteiger partial charge in [0.2, 0.25) is 0 Å². The van der Waals surface area contributed by atoms with Gasteiger partial charge in [0.05, 0.1) is 6.61 Å². The lowest BCUT2D eigenvalue weighted by Crippen LogP contribution is -2.38. The summed E-state index contributed by atoms with van der Waals surface area (Å²) in [7, 11) is 0. The predicted octanol–water partition coefficient (Wildman–Crippen LogP) is 3.27. The van der Waals surface area contributed by atoms with Gasteiger partial charge in [-0.2, -0.15) is 0 Å². The minimum atomic E-state index is -0.256. The molecule has 7 heteroatoms. The third kappa shape index (κ3) is 8.76. The molecular weight excluding hydrogens is 434 g/mol. The SMILES string of the molecule is CCNC(=NCCCOc1ccc(F)cc1)NCCn1cccc1.I. The number of guanidine groups is 1. The van der Waals surface area contributed by atoms with Crippen LogP contribution in [0.5, 0.6) is 5.75 Å². The molecule has 0 aliphatic carbocycles. The van der Waals surface area contributed by atoms with Crippen molar-refractivity contribution < 1.29 is 9.13 Å². The van der Waals surface area contributed by atoms with Crippen molar-refractivity contribution in [1.82, 2.24) is 15.2 Å². The molecular formula is C18H26FIN4O. The second-order valence-corrected chi connectivity index (χ2v) is 5.26. The predicted molar refractivity (Wildman–Crippen MR) is 110 cm³/mol. The summed E-state index contributed by atoms with van der Waals surface area (Å²) in [5.41, 5.74) is 0. The molecule has 2 N–H and O–H groups in total. The summed E-state index contributed by atoms with van der Waals surface area (Å²) in [6.07, 6.45) is 4.88. The smallest absolute Gasteiger partial charge is 0.191 e. The first-order valence-corrected chi connectivity index (χ1v) is 8.29. The average Bonchev–Trinajstić information content (AvgIpc) is 3.09. The van der Waals surface area contributed by atoms with Gasteiger partial charge in [-0.3, -0.25) is 4.99 Å². The fraction of sp³-hybridized carbons (Fsp3) is 0.389. The van der Waals surface area contributed by atoms with Gasteiger partial charge in [-0.15, -0.1) is 24.0 Å². The summed E-state index contributed by atoms with van der Waals surface area (Å²) in [4.78, 5) is 4.52. The summed E-state index contributed by atoms with van der Waals surface area (Å²) >= 11 is 0. The molecule has 0 aliphatic rings. The molecule has 0 fully saturated rings. The fourth-order valence-corrected chi connectivity index (χ4v) is 2.14.